The van der Waals surface area contributed by atoms with Crippen LogP contribution < -0.4 is 53.2 Å². The van der Waals surface area contributed by atoms with Crippen LogP contribution in [0.5, 0.6) is 0 Å². The fourth-order valence-electron chi connectivity index (χ4n) is 13.8. The molecule has 130 heavy (non-hydrogen) atoms. The number of alkyl carbamates (subject to hydrolysis) is 4. The third-order valence-corrected chi connectivity index (χ3v) is 20.5. The van der Waals surface area contributed by atoms with Crippen LogP contribution in [0.4, 0.5) is 28.8 Å². The average molecular weight is 1840 g/mol. The number of ether oxygens (including phenoxy) is 6. The first kappa shape index (κ1) is 122. The van der Waals surface area contributed by atoms with Gasteiger partial charge in [-0.25, -0.2) is 28.8 Å². The van der Waals surface area contributed by atoms with Gasteiger partial charge in [-0.2, -0.15) is 0 Å². The lowest BCUT2D eigenvalue weighted by atomic mass is 10.0. The third kappa shape index (κ3) is 76.5. The molecule has 0 aliphatic rings. The summed E-state index contributed by atoms with van der Waals surface area (Å²) in [5, 5.41) is 28.7. The third-order valence-electron chi connectivity index (χ3n) is 20.5. The van der Waals surface area contributed by atoms with Crippen molar-refractivity contribution in [2.24, 2.45) is 0 Å². The average Bonchev–Trinajstić information content (AvgIpc) is 0.821. The van der Waals surface area contributed by atoms with Crippen molar-refractivity contribution in [2.45, 2.75) is 479 Å². The zero-order valence-electron chi connectivity index (χ0n) is 85.0. The van der Waals surface area contributed by atoms with Crippen LogP contribution in [0, 0.1) is 0 Å². The Kier molecular flexibility index (Phi) is 67.1. The van der Waals surface area contributed by atoms with Crippen LogP contribution in [0.1, 0.15) is 421 Å². The van der Waals surface area contributed by atoms with Gasteiger partial charge in [0.2, 0.25) is 35.4 Å². The summed E-state index contributed by atoms with van der Waals surface area (Å²) in [6, 6.07) is -4.15. The summed E-state index contributed by atoms with van der Waals surface area (Å²) in [6.45, 7) is 38.1. The molecule has 0 fully saturated rings. The summed E-state index contributed by atoms with van der Waals surface area (Å²) >= 11 is 0. The van der Waals surface area contributed by atoms with E-state index in [1.165, 1.54) is 77.0 Å². The minimum atomic E-state index is -1.07. The quantitative estimate of drug-likeness (QED) is 0.0154. The predicted octanol–water partition coefficient (Wildman–Crippen LogP) is 20.0. The molecule has 30 nitrogen and oxygen atoms in total. The van der Waals surface area contributed by atoms with Crippen molar-refractivity contribution in [3.63, 3.8) is 0 Å². The Morgan fingerprint density at radius 2 is 0.462 bits per heavy atom. The fraction of sp³-hybridized carbons (Fsp3) is 0.840. The molecule has 10 N–H and O–H groups in total. The van der Waals surface area contributed by atoms with Gasteiger partial charge in [0.15, 0.2) is 0 Å². The fourth-order valence-corrected chi connectivity index (χ4v) is 13.8. The van der Waals surface area contributed by atoms with E-state index in [1.54, 1.807) is 134 Å². The minimum absolute atomic E-state index is 0.0873. The minimum Gasteiger partial charge on any atom is -0.444 e. The van der Waals surface area contributed by atoms with Crippen molar-refractivity contribution in [3.05, 3.63) is 24.3 Å². The number of allylic oxidation sites excluding steroid dienone is 4. The van der Waals surface area contributed by atoms with Crippen molar-refractivity contribution in [3.8, 4) is 0 Å². The van der Waals surface area contributed by atoms with Gasteiger partial charge in [-0.15, -0.1) is 0 Å². The molecule has 0 saturated carbocycles. The van der Waals surface area contributed by atoms with E-state index in [0.29, 0.717) is 77.0 Å². The van der Waals surface area contributed by atoms with E-state index >= 15 is 0 Å². The number of carbonyl (C=O) groups excluding carboxylic acids is 12. The van der Waals surface area contributed by atoms with Crippen molar-refractivity contribution in [2.75, 3.05) is 65.4 Å². The molecular weight excluding hydrogens is 1660 g/mol. The van der Waals surface area contributed by atoms with Gasteiger partial charge in [0.25, 0.3) is 0 Å². The second-order valence-corrected chi connectivity index (χ2v) is 40.7. The highest BCUT2D eigenvalue weighted by atomic mass is 16.6. The maximum Gasteiger partial charge on any atom is 0.410 e. The Balaban J connectivity index is 6.67. The van der Waals surface area contributed by atoms with Crippen molar-refractivity contribution >= 4 is 72.0 Å². The standard InChI is InChI=1S/C100H186N12O18/c1-21-23-25-27-29-31-33-35-37-39-41-43-45-47-49-67-83(113)107-81(65-53-57-71-105-91(121)127-97(9,10)11)87(117)109-79(63-51-55-69-103-89(119)125-95(3,4)5)85(115)101-73-61-77-111(93(123)129-99(15,16)17)75-59-60-76-112(94(124)130-100(18,19)20)78-62-74-102-86(116)80(64-52-56-70-104-90(120)126-96(6,7)8)110-88(118)82(66-54-58-72-106-92(122)128-98(12,13)14)108-84(114)68-50-48-46-44-42-40-38-36-34-32-30-28-26-24-22-2/h35-38,79-82H,21-34,39-78H2,1-20H3,(H,101,115)(H,102,116)(H,103,119)(H,104,120)(H,105,121)(H,106,122)(H,107,113)(H,108,114)(H,109,117)(H,110,118)/b37-35-,38-36-. The molecular formula is C100H186N12O18. The zero-order valence-corrected chi connectivity index (χ0v) is 85.0. The van der Waals surface area contributed by atoms with Crippen LogP contribution in [0.3, 0.4) is 0 Å². The number of hydrogen-bond acceptors (Lipinski definition) is 18. The first-order chi connectivity index (χ1) is 61.2. The predicted molar refractivity (Wildman–Crippen MR) is 519 cm³/mol. The Morgan fingerprint density at radius 1 is 0.238 bits per heavy atom. The SMILES string of the molecule is CCCCCCCC/C=C\CCCCCCCC(=O)NC(CCCCNC(=O)OC(C)(C)C)C(=O)NC(CCCCNC(=O)OC(C)(C)C)C(=O)NCCCN(CCCCN(CCCNC(=O)C(CCCCNC(=O)OC(C)(C)C)NC(=O)C(CCCCNC(=O)OC(C)(C)C)NC(=O)CCCCCCC/C=C\CCCCCCCC)C(=O)OC(C)(C)C)C(=O)OC(C)(C)C. The number of rotatable bonds is 71. The number of nitrogens with one attached hydrogen (secondary N) is 10. The van der Waals surface area contributed by atoms with Gasteiger partial charge >= 0.3 is 36.6 Å². The maximum atomic E-state index is 14.5. The molecule has 0 rings (SSSR count). The lowest BCUT2D eigenvalue weighted by Gasteiger charge is -2.29. The van der Waals surface area contributed by atoms with Crippen molar-refractivity contribution in [1.29, 1.82) is 0 Å². The molecule has 0 heterocycles. The Morgan fingerprint density at radius 3 is 0.715 bits per heavy atom. The van der Waals surface area contributed by atoms with Crippen LogP contribution in [-0.4, -0.2) is 205 Å². The number of carbonyl (C=O) groups is 12. The monoisotopic (exact) mass is 1840 g/mol. The first-order valence-corrected chi connectivity index (χ1v) is 50.1. The van der Waals surface area contributed by atoms with E-state index in [-0.39, 0.29) is 129 Å². The molecule has 0 spiro atoms. The summed E-state index contributed by atoms with van der Waals surface area (Å²) in [5.41, 5.74) is -4.54. The van der Waals surface area contributed by atoms with Gasteiger partial charge in [-0.05, 0) is 292 Å². The molecule has 0 bridgehead atoms. The molecule has 0 aromatic carbocycles. The van der Waals surface area contributed by atoms with Gasteiger partial charge in [0.1, 0.15) is 57.8 Å². The van der Waals surface area contributed by atoms with Crippen LogP contribution in [0.25, 0.3) is 0 Å². The molecule has 754 valence electrons. The number of hydrogen-bond donors (Lipinski definition) is 10. The van der Waals surface area contributed by atoms with Crippen molar-refractivity contribution < 1.29 is 86.0 Å². The van der Waals surface area contributed by atoms with Crippen LogP contribution in [-0.2, 0) is 57.2 Å². The second-order valence-electron chi connectivity index (χ2n) is 40.7. The van der Waals surface area contributed by atoms with E-state index in [9.17, 15) is 57.5 Å². The summed E-state index contributed by atoms with van der Waals surface area (Å²) in [4.78, 5) is 166. The Labute approximate surface area is 785 Å². The van der Waals surface area contributed by atoms with E-state index in [4.69, 9.17) is 28.4 Å². The molecule has 30 heteroatoms. The highest BCUT2D eigenvalue weighted by Gasteiger charge is 2.32. The van der Waals surface area contributed by atoms with Gasteiger partial charge in [0.05, 0.1) is 0 Å². The molecule has 0 aromatic rings. The molecule has 0 aliphatic heterocycles. The van der Waals surface area contributed by atoms with Crippen molar-refractivity contribution in [1.82, 2.24) is 63.0 Å². The largest absolute Gasteiger partial charge is 0.444 e. The van der Waals surface area contributed by atoms with E-state index in [0.717, 1.165) is 77.0 Å². The molecule has 0 radical (unpaired) electrons. The van der Waals surface area contributed by atoms with Crippen LogP contribution in [0.15, 0.2) is 24.3 Å². The highest BCUT2D eigenvalue weighted by Crippen LogP contribution is 2.20. The lowest BCUT2D eigenvalue weighted by Crippen LogP contribution is -2.54. The van der Waals surface area contributed by atoms with E-state index < -0.39 is 118 Å². The highest BCUT2D eigenvalue weighted by molar-refractivity contribution is 5.93. The molecule has 0 saturated heterocycles. The number of amides is 12. The molecule has 12 amide bonds. The summed E-state index contributed by atoms with van der Waals surface area (Å²) < 4.78 is 33.4. The van der Waals surface area contributed by atoms with Gasteiger partial charge < -0.3 is 91.4 Å². The van der Waals surface area contributed by atoms with Crippen LogP contribution in [0.2, 0.25) is 0 Å². The van der Waals surface area contributed by atoms with Crippen LogP contribution >= 0.6 is 0 Å². The number of nitrogens with zero attached hydrogens (tertiary/aromatic N) is 2. The zero-order chi connectivity index (χ0) is 97.7. The summed E-state index contributed by atoms with van der Waals surface area (Å²) in [6.07, 6.45) is 40.6. The normalized spacial score (nSPS) is 12.9. The maximum absolute atomic E-state index is 14.5. The summed E-state index contributed by atoms with van der Waals surface area (Å²) in [7, 11) is 0. The molecule has 0 aliphatic carbocycles. The summed E-state index contributed by atoms with van der Waals surface area (Å²) in [5.74, 6) is -2.66. The van der Waals surface area contributed by atoms with Gasteiger partial charge in [-0.3, -0.25) is 28.8 Å². The first-order valence-electron chi connectivity index (χ1n) is 50.1. The topological polar surface area (TPSA) is 387 Å². The smallest absolute Gasteiger partial charge is 0.410 e. The molecule has 0 aromatic heterocycles. The Bertz CT molecular complexity index is 2980. The Hall–Kier alpha value is -8.08. The van der Waals surface area contributed by atoms with Gasteiger partial charge in [-0.1, -0.05) is 141 Å². The van der Waals surface area contributed by atoms with Gasteiger partial charge in [0, 0.05) is 78.3 Å². The second kappa shape index (κ2) is 71.5. The van der Waals surface area contributed by atoms with E-state index in [2.05, 4.69) is 91.3 Å². The number of unbranched alkanes of at least 4 members (excludes halogenated alkanes) is 27. The molecule has 4 atom stereocenters. The molecule has 4 unspecified atom stereocenters. The van der Waals surface area contributed by atoms with E-state index in [1.807, 2.05) is 0 Å². The lowest BCUT2D eigenvalue weighted by molar-refractivity contribution is -0.132.